The Bertz CT molecular complexity index is 770. The zero-order valence-corrected chi connectivity index (χ0v) is 15.1. The first-order chi connectivity index (χ1) is 12.6. The van der Waals surface area contributed by atoms with Gasteiger partial charge < -0.3 is 19.7 Å². The van der Waals surface area contributed by atoms with E-state index in [2.05, 4.69) is 5.32 Å². The van der Waals surface area contributed by atoms with E-state index in [1.54, 1.807) is 42.3 Å². The lowest BCUT2D eigenvalue weighted by molar-refractivity contribution is 0.0147. The molecule has 2 amide bonds. The number of hydrogen-bond acceptors (Lipinski definition) is 3. The van der Waals surface area contributed by atoms with Crippen LogP contribution in [0.2, 0.25) is 5.02 Å². The molecular weight excluding hydrogens is 359 g/mol. The summed E-state index contributed by atoms with van der Waals surface area (Å²) in [7, 11) is 1.58. The Hall–Kier alpha value is -2.15. The average Bonchev–Trinajstić information content (AvgIpc) is 2.65. The third-order valence-corrected chi connectivity index (χ3v) is 4.49. The highest BCUT2D eigenvalue weighted by Crippen LogP contribution is 2.27. The van der Waals surface area contributed by atoms with Crippen molar-refractivity contribution in [1.29, 1.82) is 0 Å². The average molecular weight is 379 g/mol. The van der Waals surface area contributed by atoms with Crippen molar-refractivity contribution in [3.05, 3.63) is 64.4 Å². The van der Waals surface area contributed by atoms with Gasteiger partial charge in [0.2, 0.25) is 0 Å². The number of ether oxygens (including phenoxy) is 2. The fraction of sp³-hybridized carbons (Fsp3) is 0.316. The normalized spacial score (nSPS) is 17.2. The molecule has 1 aliphatic rings. The van der Waals surface area contributed by atoms with Gasteiger partial charge in [-0.25, -0.2) is 9.18 Å². The summed E-state index contributed by atoms with van der Waals surface area (Å²) in [4.78, 5) is 14.6. The van der Waals surface area contributed by atoms with Gasteiger partial charge in [-0.1, -0.05) is 23.7 Å². The van der Waals surface area contributed by atoms with Crippen molar-refractivity contribution in [3.63, 3.8) is 0 Å². The van der Waals surface area contributed by atoms with Crippen LogP contribution in [0.1, 0.15) is 17.2 Å². The van der Waals surface area contributed by atoms with Gasteiger partial charge in [-0.2, -0.15) is 0 Å². The van der Waals surface area contributed by atoms with Crippen LogP contribution in [0.4, 0.5) is 14.9 Å². The van der Waals surface area contributed by atoms with E-state index in [1.165, 1.54) is 12.1 Å². The van der Waals surface area contributed by atoms with Crippen molar-refractivity contribution >= 4 is 23.3 Å². The Morgan fingerprint density at radius 3 is 2.85 bits per heavy atom. The first-order valence-corrected chi connectivity index (χ1v) is 8.64. The standard InChI is InChI=1S/C19H20ClFN2O3/c1-25-11-14-10-15(20)4-7-17(14)22-19(24)23-8-9-26-12-18(23)13-2-5-16(21)6-3-13/h2-7,10,18H,8-9,11-12H2,1H3,(H,22,24)/t18-/m0/s1. The SMILES string of the molecule is COCc1cc(Cl)ccc1NC(=O)N1CCOC[C@H]1c1ccc(F)cc1. The molecule has 0 aliphatic carbocycles. The summed E-state index contributed by atoms with van der Waals surface area (Å²) in [6.07, 6.45) is 0. The molecule has 0 unspecified atom stereocenters. The lowest BCUT2D eigenvalue weighted by Gasteiger charge is -2.36. The first-order valence-electron chi connectivity index (χ1n) is 8.26. The van der Waals surface area contributed by atoms with E-state index in [9.17, 15) is 9.18 Å². The van der Waals surface area contributed by atoms with E-state index < -0.39 is 0 Å². The van der Waals surface area contributed by atoms with Gasteiger partial charge in [0.25, 0.3) is 0 Å². The number of amides is 2. The third-order valence-electron chi connectivity index (χ3n) is 4.25. The Morgan fingerprint density at radius 1 is 1.35 bits per heavy atom. The molecule has 0 saturated carbocycles. The Kier molecular flexibility index (Phi) is 6.08. The molecule has 1 aliphatic heterocycles. The van der Waals surface area contributed by atoms with Crippen LogP contribution in [-0.4, -0.2) is 37.8 Å². The summed E-state index contributed by atoms with van der Waals surface area (Å²) in [5, 5.41) is 3.50. The third kappa shape index (κ3) is 4.33. The van der Waals surface area contributed by atoms with E-state index >= 15 is 0 Å². The molecule has 1 atom stereocenters. The highest BCUT2D eigenvalue weighted by atomic mass is 35.5. The van der Waals surface area contributed by atoms with Crippen molar-refractivity contribution in [2.45, 2.75) is 12.6 Å². The summed E-state index contributed by atoms with van der Waals surface area (Å²) in [6, 6.07) is 10.8. The van der Waals surface area contributed by atoms with Crippen molar-refractivity contribution in [2.24, 2.45) is 0 Å². The van der Waals surface area contributed by atoms with E-state index in [0.29, 0.717) is 37.1 Å². The lowest BCUT2D eigenvalue weighted by Crippen LogP contribution is -2.45. The van der Waals surface area contributed by atoms with Gasteiger partial charge in [-0.3, -0.25) is 0 Å². The quantitative estimate of drug-likeness (QED) is 0.866. The molecule has 0 spiro atoms. The van der Waals surface area contributed by atoms with Crippen LogP contribution in [-0.2, 0) is 16.1 Å². The van der Waals surface area contributed by atoms with Gasteiger partial charge in [0, 0.05) is 29.9 Å². The maximum Gasteiger partial charge on any atom is 0.322 e. The molecule has 1 heterocycles. The highest BCUT2D eigenvalue weighted by Gasteiger charge is 2.29. The van der Waals surface area contributed by atoms with Gasteiger partial charge in [0.1, 0.15) is 5.82 Å². The van der Waals surface area contributed by atoms with Crippen LogP contribution < -0.4 is 5.32 Å². The number of anilines is 1. The number of carbonyl (C=O) groups is 1. The molecule has 0 aromatic heterocycles. The summed E-state index contributed by atoms with van der Waals surface area (Å²) in [6.45, 7) is 1.60. The molecule has 5 nitrogen and oxygen atoms in total. The molecule has 0 radical (unpaired) electrons. The summed E-state index contributed by atoms with van der Waals surface area (Å²) >= 11 is 6.03. The summed E-state index contributed by atoms with van der Waals surface area (Å²) in [5.74, 6) is -0.313. The minimum atomic E-state index is -0.313. The monoisotopic (exact) mass is 378 g/mol. The number of methoxy groups -OCH3 is 1. The highest BCUT2D eigenvalue weighted by molar-refractivity contribution is 6.30. The molecule has 7 heteroatoms. The Balaban J connectivity index is 1.80. The Morgan fingerprint density at radius 2 is 2.12 bits per heavy atom. The van der Waals surface area contributed by atoms with Crippen molar-refractivity contribution in [3.8, 4) is 0 Å². The lowest BCUT2D eigenvalue weighted by atomic mass is 10.1. The summed E-state index contributed by atoms with van der Waals surface area (Å²) in [5.41, 5.74) is 2.26. The Labute approximate surface area is 156 Å². The van der Waals surface area contributed by atoms with E-state index in [1.807, 2.05) is 0 Å². The molecule has 2 aromatic carbocycles. The number of rotatable bonds is 4. The fourth-order valence-corrected chi connectivity index (χ4v) is 3.15. The van der Waals surface area contributed by atoms with E-state index in [-0.39, 0.29) is 17.9 Å². The van der Waals surface area contributed by atoms with Crippen LogP contribution in [0, 0.1) is 5.82 Å². The molecule has 1 saturated heterocycles. The molecule has 1 fully saturated rings. The second kappa shape index (κ2) is 8.49. The van der Waals surface area contributed by atoms with Gasteiger partial charge in [-0.05, 0) is 35.9 Å². The zero-order valence-electron chi connectivity index (χ0n) is 14.4. The van der Waals surface area contributed by atoms with Crippen LogP contribution in [0.25, 0.3) is 0 Å². The maximum absolute atomic E-state index is 13.2. The summed E-state index contributed by atoms with van der Waals surface area (Å²) < 4.78 is 23.9. The molecule has 138 valence electrons. The van der Waals surface area contributed by atoms with E-state index in [4.69, 9.17) is 21.1 Å². The van der Waals surface area contributed by atoms with Gasteiger partial charge in [-0.15, -0.1) is 0 Å². The van der Waals surface area contributed by atoms with Crippen LogP contribution in [0.5, 0.6) is 0 Å². The van der Waals surface area contributed by atoms with Crippen LogP contribution in [0.15, 0.2) is 42.5 Å². The number of benzene rings is 2. The van der Waals surface area contributed by atoms with Gasteiger partial charge in [0.05, 0.1) is 25.9 Å². The number of nitrogens with zero attached hydrogens (tertiary/aromatic N) is 1. The molecule has 3 rings (SSSR count). The number of nitrogens with one attached hydrogen (secondary N) is 1. The molecule has 26 heavy (non-hydrogen) atoms. The number of urea groups is 1. The van der Waals surface area contributed by atoms with Crippen molar-refractivity contribution < 1.29 is 18.7 Å². The molecular formula is C19H20ClFN2O3. The molecule has 2 aromatic rings. The predicted octanol–water partition coefficient (Wildman–Crippen LogP) is 4.23. The molecule has 1 N–H and O–H groups in total. The number of carbonyl (C=O) groups excluding carboxylic acids is 1. The number of halogens is 2. The zero-order chi connectivity index (χ0) is 18.5. The van der Waals surface area contributed by atoms with Crippen LogP contribution >= 0.6 is 11.6 Å². The molecule has 0 bridgehead atoms. The van der Waals surface area contributed by atoms with Gasteiger partial charge in [0.15, 0.2) is 0 Å². The van der Waals surface area contributed by atoms with E-state index in [0.717, 1.165) is 11.1 Å². The predicted molar refractivity (Wildman–Crippen MR) is 97.8 cm³/mol. The smallest absolute Gasteiger partial charge is 0.322 e. The van der Waals surface area contributed by atoms with Crippen molar-refractivity contribution in [2.75, 3.05) is 32.2 Å². The second-order valence-electron chi connectivity index (χ2n) is 6.00. The number of morpholine rings is 1. The van der Waals surface area contributed by atoms with Crippen molar-refractivity contribution in [1.82, 2.24) is 4.90 Å². The maximum atomic E-state index is 13.2. The fourth-order valence-electron chi connectivity index (χ4n) is 2.95. The first kappa shape index (κ1) is 18.6. The minimum Gasteiger partial charge on any atom is -0.380 e. The minimum absolute atomic E-state index is 0.248. The van der Waals surface area contributed by atoms with Gasteiger partial charge >= 0.3 is 6.03 Å². The topological polar surface area (TPSA) is 50.8 Å². The second-order valence-corrected chi connectivity index (χ2v) is 6.44. The number of hydrogen-bond donors (Lipinski definition) is 1. The van der Waals surface area contributed by atoms with Crippen LogP contribution in [0.3, 0.4) is 0 Å². The largest absolute Gasteiger partial charge is 0.380 e.